The van der Waals surface area contributed by atoms with Crippen LogP contribution in [0.1, 0.15) is 55.7 Å². The Kier molecular flexibility index (Phi) is 3.88. The maximum Gasteiger partial charge on any atom is 0.139 e. The van der Waals surface area contributed by atoms with E-state index in [1.807, 2.05) is 0 Å². The van der Waals surface area contributed by atoms with Gasteiger partial charge in [0.15, 0.2) is 0 Å². The topological polar surface area (TPSA) is 29.3 Å². The molecule has 0 unspecified atom stereocenters. The van der Waals surface area contributed by atoms with Gasteiger partial charge in [-0.2, -0.15) is 0 Å². The Morgan fingerprint density at radius 2 is 2.10 bits per heavy atom. The fourth-order valence-corrected chi connectivity index (χ4v) is 2.90. The standard InChI is InChI=1S/C17H22N2O/c1-13(2)17-11-15(18-20-17)16-9-6-10-19(16)12-14-7-4-3-5-8-14/h3-5,7-8,11,13,16H,6,9-10,12H2,1-2H3/t16-/m1/s1. The van der Waals surface area contributed by atoms with E-state index in [4.69, 9.17) is 4.52 Å². The van der Waals surface area contributed by atoms with Crippen LogP contribution in [0.3, 0.4) is 0 Å². The SMILES string of the molecule is CC(C)c1cc([C@H]2CCCN2Cc2ccccc2)no1. The third-order valence-electron chi connectivity index (χ3n) is 4.05. The summed E-state index contributed by atoms with van der Waals surface area (Å²) >= 11 is 0. The lowest BCUT2D eigenvalue weighted by Crippen LogP contribution is -2.22. The Morgan fingerprint density at radius 3 is 2.80 bits per heavy atom. The van der Waals surface area contributed by atoms with Crippen molar-refractivity contribution in [3.05, 3.63) is 53.4 Å². The zero-order valence-corrected chi connectivity index (χ0v) is 12.2. The highest BCUT2D eigenvalue weighted by atomic mass is 16.5. The Morgan fingerprint density at radius 1 is 1.30 bits per heavy atom. The molecule has 0 spiro atoms. The molecule has 3 nitrogen and oxygen atoms in total. The molecule has 0 saturated carbocycles. The number of hydrogen-bond donors (Lipinski definition) is 0. The van der Waals surface area contributed by atoms with Gasteiger partial charge in [0.25, 0.3) is 0 Å². The number of benzene rings is 1. The van der Waals surface area contributed by atoms with Crippen LogP contribution >= 0.6 is 0 Å². The lowest BCUT2D eigenvalue weighted by molar-refractivity contribution is 0.236. The summed E-state index contributed by atoms with van der Waals surface area (Å²) in [6, 6.07) is 13.2. The van der Waals surface area contributed by atoms with E-state index >= 15 is 0 Å². The predicted octanol–water partition coefficient (Wildman–Crippen LogP) is 4.14. The highest BCUT2D eigenvalue weighted by molar-refractivity contribution is 5.17. The molecule has 0 bridgehead atoms. The summed E-state index contributed by atoms with van der Waals surface area (Å²) in [4.78, 5) is 2.51. The molecule has 2 aromatic rings. The molecule has 3 rings (SSSR count). The van der Waals surface area contributed by atoms with Crippen LogP contribution in [0.2, 0.25) is 0 Å². The number of nitrogens with zero attached hydrogens (tertiary/aromatic N) is 2. The van der Waals surface area contributed by atoms with E-state index in [1.54, 1.807) is 0 Å². The van der Waals surface area contributed by atoms with Crippen molar-refractivity contribution in [3.63, 3.8) is 0 Å². The normalized spacial score (nSPS) is 19.9. The molecule has 0 aliphatic carbocycles. The van der Waals surface area contributed by atoms with Crippen molar-refractivity contribution in [2.45, 2.75) is 45.2 Å². The van der Waals surface area contributed by atoms with Gasteiger partial charge in [0.1, 0.15) is 11.5 Å². The molecule has 0 radical (unpaired) electrons. The van der Waals surface area contributed by atoms with E-state index in [-0.39, 0.29) is 0 Å². The molecule has 1 aromatic carbocycles. The minimum absolute atomic E-state index is 0.403. The van der Waals surface area contributed by atoms with Crippen LogP contribution in [0.15, 0.2) is 40.9 Å². The summed E-state index contributed by atoms with van der Waals surface area (Å²) in [7, 11) is 0. The van der Waals surface area contributed by atoms with E-state index in [1.165, 1.54) is 18.4 Å². The van der Waals surface area contributed by atoms with Crippen LogP contribution in [0, 0.1) is 0 Å². The van der Waals surface area contributed by atoms with Crippen LogP contribution in [-0.4, -0.2) is 16.6 Å². The maximum atomic E-state index is 5.46. The lowest BCUT2D eigenvalue weighted by Gasteiger charge is -2.22. The number of aromatic nitrogens is 1. The smallest absolute Gasteiger partial charge is 0.139 e. The average Bonchev–Trinajstić information content (AvgIpc) is 3.08. The largest absolute Gasteiger partial charge is 0.361 e. The van der Waals surface area contributed by atoms with E-state index in [2.05, 4.69) is 60.3 Å². The van der Waals surface area contributed by atoms with Gasteiger partial charge in [0, 0.05) is 18.5 Å². The van der Waals surface area contributed by atoms with Crippen molar-refractivity contribution >= 4 is 0 Å². The average molecular weight is 270 g/mol. The fourth-order valence-electron chi connectivity index (χ4n) is 2.90. The van der Waals surface area contributed by atoms with E-state index in [9.17, 15) is 0 Å². The highest BCUT2D eigenvalue weighted by Crippen LogP contribution is 2.33. The molecule has 1 aliphatic heterocycles. The maximum absolute atomic E-state index is 5.46. The van der Waals surface area contributed by atoms with Gasteiger partial charge in [-0.1, -0.05) is 49.3 Å². The van der Waals surface area contributed by atoms with Crippen molar-refractivity contribution in [2.75, 3.05) is 6.54 Å². The quantitative estimate of drug-likeness (QED) is 0.836. The molecule has 2 heterocycles. The zero-order valence-electron chi connectivity index (χ0n) is 12.2. The summed E-state index contributed by atoms with van der Waals surface area (Å²) in [5, 5.41) is 4.29. The van der Waals surface area contributed by atoms with Crippen LogP contribution in [-0.2, 0) is 6.54 Å². The first-order chi connectivity index (χ1) is 9.74. The minimum atomic E-state index is 0.403. The number of likely N-dealkylation sites (tertiary alicyclic amines) is 1. The molecule has 106 valence electrons. The number of rotatable bonds is 4. The molecule has 20 heavy (non-hydrogen) atoms. The van der Waals surface area contributed by atoms with Gasteiger partial charge >= 0.3 is 0 Å². The fraction of sp³-hybridized carbons (Fsp3) is 0.471. The minimum Gasteiger partial charge on any atom is -0.361 e. The van der Waals surface area contributed by atoms with Gasteiger partial charge in [-0.3, -0.25) is 4.90 Å². The molecule has 1 aliphatic rings. The van der Waals surface area contributed by atoms with Gasteiger partial charge < -0.3 is 4.52 Å². The second-order valence-corrected chi connectivity index (χ2v) is 5.92. The second kappa shape index (κ2) is 5.80. The Bertz CT molecular complexity index is 547. The molecule has 1 atom stereocenters. The van der Waals surface area contributed by atoms with Gasteiger partial charge in [-0.15, -0.1) is 0 Å². The van der Waals surface area contributed by atoms with E-state index in [0.717, 1.165) is 24.5 Å². The first kappa shape index (κ1) is 13.4. The molecule has 1 saturated heterocycles. The van der Waals surface area contributed by atoms with Gasteiger partial charge in [0.05, 0.1) is 6.04 Å². The molecule has 1 fully saturated rings. The van der Waals surface area contributed by atoms with E-state index < -0.39 is 0 Å². The first-order valence-electron chi connectivity index (χ1n) is 7.48. The predicted molar refractivity (Wildman–Crippen MR) is 79.4 cm³/mol. The van der Waals surface area contributed by atoms with Crippen molar-refractivity contribution in [3.8, 4) is 0 Å². The van der Waals surface area contributed by atoms with Gasteiger partial charge in [-0.05, 0) is 24.9 Å². The zero-order chi connectivity index (χ0) is 13.9. The van der Waals surface area contributed by atoms with E-state index in [0.29, 0.717) is 12.0 Å². The van der Waals surface area contributed by atoms with Crippen LogP contribution in [0.4, 0.5) is 0 Å². The molecule has 1 aromatic heterocycles. The number of hydrogen-bond acceptors (Lipinski definition) is 3. The first-order valence-corrected chi connectivity index (χ1v) is 7.48. The second-order valence-electron chi connectivity index (χ2n) is 5.92. The third-order valence-corrected chi connectivity index (χ3v) is 4.05. The molecule has 0 N–H and O–H groups in total. The molecular weight excluding hydrogens is 248 g/mol. The lowest BCUT2D eigenvalue weighted by atomic mass is 10.1. The van der Waals surface area contributed by atoms with Crippen LogP contribution < -0.4 is 0 Å². The summed E-state index contributed by atoms with van der Waals surface area (Å²) in [6.07, 6.45) is 2.41. The van der Waals surface area contributed by atoms with Crippen molar-refractivity contribution in [2.24, 2.45) is 0 Å². The molecule has 3 heteroatoms. The summed E-state index contributed by atoms with van der Waals surface area (Å²) < 4.78 is 5.46. The van der Waals surface area contributed by atoms with Gasteiger partial charge in [0.2, 0.25) is 0 Å². The monoisotopic (exact) mass is 270 g/mol. The van der Waals surface area contributed by atoms with Crippen molar-refractivity contribution in [1.29, 1.82) is 0 Å². The third kappa shape index (κ3) is 2.78. The summed E-state index contributed by atoms with van der Waals surface area (Å²) in [5.74, 6) is 1.40. The van der Waals surface area contributed by atoms with Gasteiger partial charge in [-0.25, -0.2) is 0 Å². The Balaban J connectivity index is 1.74. The molecular formula is C17H22N2O. The summed E-state index contributed by atoms with van der Waals surface area (Å²) in [6.45, 7) is 6.42. The molecule has 0 amide bonds. The Hall–Kier alpha value is -1.61. The van der Waals surface area contributed by atoms with Crippen LogP contribution in [0.25, 0.3) is 0 Å². The Labute approximate surface area is 120 Å². The van der Waals surface area contributed by atoms with Crippen LogP contribution in [0.5, 0.6) is 0 Å². The van der Waals surface area contributed by atoms with Crippen molar-refractivity contribution < 1.29 is 4.52 Å². The highest BCUT2D eigenvalue weighted by Gasteiger charge is 2.28. The summed E-state index contributed by atoms with van der Waals surface area (Å²) in [5.41, 5.74) is 2.47. The van der Waals surface area contributed by atoms with Crippen molar-refractivity contribution in [1.82, 2.24) is 10.1 Å².